The lowest BCUT2D eigenvalue weighted by Gasteiger charge is -2.21. The summed E-state index contributed by atoms with van der Waals surface area (Å²) in [7, 11) is -9.94. The molecule has 0 aromatic rings. The standard InChI is InChI=1S/C89H170O17P2/c1-5-9-13-17-21-25-29-33-36-38-40-41-42-43-45-48-52-56-60-64-68-72-76-89(94)106-85(80-100-87(92)74-70-66-62-58-54-50-47-44-39-37-34-30-26-22-18-14-10-6-2)82-104-108(97,98)102-78-83(90)77-101-107(95,96)103-81-84(79-99-86(91)73-69-65-61-57-53-49-32-28-24-20-16-12-8-4)105-88(93)75-71-67-63-59-55-51-46-35-31-27-23-19-15-11-7-3/h27,31,35,46,83-85,90H,5-26,28-30,32-34,36-45,47-82H2,1-4H3,(H,95,96)(H,97,98)/b31-27-,46-35-/t83-,84+,85+/m0/s1. The summed E-state index contributed by atoms with van der Waals surface area (Å²) in [5, 5.41) is 10.7. The molecule has 0 rings (SSSR count). The molecule has 0 aliphatic heterocycles. The summed E-state index contributed by atoms with van der Waals surface area (Å²) in [6.45, 7) is 5.01. The number of carbonyl (C=O) groups excluding carboxylic acids is 4. The molecule has 0 amide bonds. The largest absolute Gasteiger partial charge is 0.472 e. The fourth-order valence-electron chi connectivity index (χ4n) is 13.5. The summed E-state index contributed by atoms with van der Waals surface area (Å²) in [4.78, 5) is 73.3. The van der Waals surface area contributed by atoms with E-state index in [4.69, 9.17) is 37.0 Å². The van der Waals surface area contributed by atoms with Crippen LogP contribution in [0.15, 0.2) is 24.3 Å². The first-order valence-corrected chi connectivity index (χ1v) is 48.6. The Hall–Kier alpha value is -2.46. The fraction of sp³-hybridized carbons (Fsp3) is 0.910. The number of ether oxygens (including phenoxy) is 4. The second kappa shape index (κ2) is 82.5. The number of aliphatic hydroxyl groups excluding tert-OH is 1. The number of unbranched alkanes of at least 4 members (excludes halogenated alkanes) is 59. The lowest BCUT2D eigenvalue weighted by molar-refractivity contribution is -0.161. The van der Waals surface area contributed by atoms with Gasteiger partial charge in [-0.1, -0.05) is 412 Å². The van der Waals surface area contributed by atoms with Gasteiger partial charge >= 0.3 is 39.5 Å². The predicted octanol–water partition coefficient (Wildman–Crippen LogP) is 27.2. The number of esters is 4. The minimum absolute atomic E-state index is 0.0862. The molecule has 108 heavy (non-hydrogen) atoms. The van der Waals surface area contributed by atoms with Crippen molar-refractivity contribution in [2.75, 3.05) is 39.6 Å². The Morgan fingerprint density at radius 3 is 0.676 bits per heavy atom. The molecular formula is C89H170O17P2. The number of aliphatic hydroxyl groups is 1. The van der Waals surface area contributed by atoms with E-state index in [0.717, 1.165) is 103 Å². The minimum atomic E-state index is -4.97. The van der Waals surface area contributed by atoms with Crippen molar-refractivity contribution in [3.8, 4) is 0 Å². The first-order valence-electron chi connectivity index (χ1n) is 45.6. The number of phosphoric acid groups is 2. The van der Waals surface area contributed by atoms with Crippen molar-refractivity contribution in [2.45, 2.75) is 483 Å². The van der Waals surface area contributed by atoms with E-state index in [1.807, 2.05) is 0 Å². The highest BCUT2D eigenvalue weighted by Gasteiger charge is 2.30. The van der Waals surface area contributed by atoms with Crippen molar-refractivity contribution < 1.29 is 80.2 Å². The van der Waals surface area contributed by atoms with E-state index in [1.54, 1.807) is 0 Å². The molecule has 0 saturated carbocycles. The van der Waals surface area contributed by atoms with Gasteiger partial charge in [0.2, 0.25) is 0 Å². The minimum Gasteiger partial charge on any atom is -0.462 e. The molecule has 0 saturated heterocycles. The number of hydrogen-bond donors (Lipinski definition) is 3. The molecule has 5 atom stereocenters. The van der Waals surface area contributed by atoms with Gasteiger partial charge in [0, 0.05) is 25.7 Å². The Morgan fingerprint density at radius 2 is 0.444 bits per heavy atom. The smallest absolute Gasteiger partial charge is 0.462 e. The normalized spacial score (nSPS) is 13.8. The van der Waals surface area contributed by atoms with Crippen LogP contribution in [0.5, 0.6) is 0 Å². The maximum atomic E-state index is 13.2. The molecule has 0 heterocycles. The van der Waals surface area contributed by atoms with E-state index in [2.05, 4.69) is 52.0 Å². The third-order valence-corrected chi connectivity index (χ3v) is 22.4. The molecule has 0 fully saturated rings. The molecule has 0 aromatic carbocycles. The average Bonchev–Trinajstić information content (AvgIpc) is 0.906. The van der Waals surface area contributed by atoms with E-state index in [9.17, 15) is 43.2 Å². The van der Waals surface area contributed by atoms with Crippen LogP contribution in [0.3, 0.4) is 0 Å². The van der Waals surface area contributed by atoms with Crippen LogP contribution in [0, 0.1) is 0 Å². The van der Waals surface area contributed by atoms with Crippen LogP contribution in [0.1, 0.15) is 464 Å². The summed E-state index contributed by atoms with van der Waals surface area (Å²) >= 11 is 0. The van der Waals surface area contributed by atoms with E-state index in [0.29, 0.717) is 25.7 Å². The number of carbonyl (C=O) groups is 4. The lowest BCUT2D eigenvalue weighted by Crippen LogP contribution is -2.30. The Morgan fingerprint density at radius 1 is 0.259 bits per heavy atom. The zero-order valence-corrected chi connectivity index (χ0v) is 72.1. The molecule has 0 aliphatic carbocycles. The molecule has 0 bridgehead atoms. The van der Waals surface area contributed by atoms with Crippen molar-refractivity contribution in [3.05, 3.63) is 24.3 Å². The molecule has 0 aromatic heterocycles. The van der Waals surface area contributed by atoms with Gasteiger partial charge in [-0.05, 0) is 51.4 Å². The zero-order chi connectivity index (χ0) is 78.9. The van der Waals surface area contributed by atoms with Crippen molar-refractivity contribution in [2.24, 2.45) is 0 Å². The van der Waals surface area contributed by atoms with E-state index in [-0.39, 0.29) is 25.7 Å². The summed E-state index contributed by atoms with van der Waals surface area (Å²) in [5.74, 6) is -2.12. The van der Waals surface area contributed by atoms with Crippen LogP contribution in [0.25, 0.3) is 0 Å². The SMILES string of the molecule is CCCCCC/C=C\C=C/CCCCCCCC(=O)O[C@H](COC(=O)CCCCCCCCCCCCCCC)COP(=O)(O)OC[C@H](O)COP(=O)(O)OC[C@@H](COC(=O)CCCCCCCCCCCCCCCCCCCC)OC(=O)CCCCCCCCCCCCCCCCCCCCCCCC. The maximum Gasteiger partial charge on any atom is 0.472 e. The Kier molecular flexibility index (Phi) is 80.6. The van der Waals surface area contributed by atoms with E-state index < -0.39 is 97.5 Å². The molecule has 2 unspecified atom stereocenters. The van der Waals surface area contributed by atoms with Gasteiger partial charge in [0.05, 0.1) is 26.4 Å². The molecule has 0 spiro atoms. The third-order valence-electron chi connectivity index (χ3n) is 20.5. The molecule has 3 N–H and O–H groups in total. The van der Waals surface area contributed by atoms with Crippen LogP contribution in [-0.4, -0.2) is 96.7 Å². The second-order valence-corrected chi connectivity index (χ2v) is 34.2. The van der Waals surface area contributed by atoms with Gasteiger partial charge in [-0.15, -0.1) is 0 Å². The van der Waals surface area contributed by atoms with Crippen molar-refractivity contribution in [3.63, 3.8) is 0 Å². The van der Waals surface area contributed by atoms with Gasteiger partial charge in [0.15, 0.2) is 12.2 Å². The molecule has 638 valence electrons. The predicted molar refractivity (Wildman–Crippen MR) is 446 cm³/mol. The second-order valence-electron chi connectivity index (χ2n) is 31.3. The topological polar surface area (TPSA) is 237 Å². The maximum absolute atomic E-state index is 13.2. The summed E-state index contributed by atoms with van der Waals surface area (Å²) < 4.78 is 69.0. The summed E-state index contributed by atoms with van der Waals surface area (Å²) in [5.41, 5.74) is 0. The van der Waals surface area contributed by atoms with Crippen LogP contribution in [0.4, 0.5) is 0 Å². The van der Waals surface area contributed by atoms with Gasteiger partial charge in [0.1, 0.15) is 19.3 Å². The number of allylic oxidation sites excluding steroid dienone is 4. The van der Waals surface area contributed by atoms with Crippen LogP contribution in [-0.2, 0) is 65.4 Å². The lowest BCUT2D eigenvalue weighted by atomic mass is 10.0. The number of hydrogen-bond acceptors (Lipinski definition) is 15. The Bertz CT molecular complexity index is 2130. The highest BCUT2D eigenvalue weighted by molar-refractivity contribution is 7.47. The van der Waals surface area contributed by atoms with Crippen molar-refractivity contribution in [1.82, 2.24) is 0 Å². The van der Waals surface area contributed by atoms with Gasteiger partial charge < -0.3 is 33.8 Å². The first kappa shape index (κ1) is 106. The first-order chi connectivity index (χ1) is 52.7. The van der Waals surface area contributed by atoms with Gasteiger partial charge in [-0.2, -0.15) is 0 Å². The third kappa shape index (κ3) is 81.6. The van der Waals surface area contributed by atoms with Gasteiger partial charge in [-0.25, -0.2) is 9.13 Å². The number of rotatable bonds is 88. The van der Waals surface area contributed by atoms with Crippen LogP contribution >= 0.6 is 15.6 Å². The van der Waals surface area contributed by atoms with E-state index in [1.165, 1.54) is 283 Å². The molecule has 19 heteroatoms. The van der Waals surface area contributed by atoms with Crippen LogP contribution < -0.4 is 0 Å². The molecule has 0 aliphatic rings. The molecular weight excluding hydrogens is 1400 g/mol. The number of phosphoric ester groups is 2. The van der Waals surface area contributed by atoms with Crippen molar-refractivity contribution in [1.29, 1.82) is 0 Å². The van der Waals surface area contributed by atoms with E-state index >= 15 is 0 Å². The monoisotopic (exact) mass is 1570 g/mol. The average molecular weight is 1570 g/mol. The summed E-state index contributed by atoms with van der Waals surface area (Å²) in [6.07, 6.45) is 81.4. The quantitative estimate of drug-likeness (QED) is 0.0169. The van der Waals surface area contributed by atoms with Crippen molar-refractivity contribution >= 4 is 39.5 Å². The molecule has 17 nitrogen and oxygen atoms in total. The highest BCUT2D eigenvalue weighted by atomic mass is 31.2. The summed E-state index contributed by atoms with van der Waals surface area (Å²) in [6, 6.07) is 0. The zero-order valence-electron chi connectivity index (χ0n) is 70.3. The van der Waals surface area contributed by atoms with Gasteiger partial charge in [0.25, 0.3) is 0 Å². The van der Waals surface area contributed by atoms with Gasteiger partial charge in [-0.3, -0.25) is 37.3 Å². The fourth-order valence-corrected chi connectivity index (χ4v) is 15.1. The highest BCUT2D eigenvalue weighted by Crippen LogP contribution is 2.45. The Balaban J connectivity index is 5.27. The Labute approximate surface area is 663 Å². The van der Waals surface area contributed by atoms with Crippen LogP contribution in [0.2, 0.25) is 0 Å². The molecule has 0 radical (unpaired) electrons.